The monoisotopic (exact) mass is 337 g/mol. The van der Waals surface area contributed by atoms with E-state index in [1.54, 1.807) is 0 Å². The summed E-state index contributed by atoms with van der Waals surface area (Å²) in [5.74, 6) is 1.08. The number of rotatable bonds is 4. The van der Waals surface area contributed by atoms with Crippen molar-refractivity contribution in [3.05, 3.63) is 48.0 Å². The molecule has 0 aliphatic carbocycles. The number of amides is 1. The number of likely N-dealkylation sites (tertiary alicyclic amines) is 1. The number of aryl methyl sites for hydroxylation is 2. The van der Waals surface area contributed by atoms with Gasteiger partial charge >= 0.3 is 0 Å². The quantitative estimate of drug-likeness (QED) is 0.796. The highest BCUT2D eigenvalue weighted by atomic mass is 16.2. The molecular formula is C19H23N5O. The number of nitrogens with one attached hydrogen (secondary N) is 1. The zero-order valence-corrected chi connectivity index (χ0v) is 14.5. The molecule has 1 fully saturated rings. The van der Waals surface area contributed by atoms with E-state index >= 15 is 0 Å². The van der Waals surface area contributed by atoms with Gasteiger partial charge in [-0.15, -0.1) is 0 Å². The standard InChI is InChI=1S/C19H23N5O/c1-14-11-20-24(12-14)15-5-4-10-23(13-15)19(25)9-8-18-21-16-6-2-3-7-17(16)22-18/h2-3,6-7,11-12,15H,4-5,8-10,13H2,1H3,(H,21,22). The summed E-state index contributed by atoms with van der Waals surface area (Å²) in [5.41, 5.74) is 3.14. The predicted molar refractivity (Wildman–Crippen MR) is 96.2 cm³/mol. The van der Waals surface area contributed by atoms with Crippen molar-refractivity contribution in [2.45, 2.75) is 38.6 Å². The Morgan fingerprint density at radius 2 is 2.24 bits per heavy atom. The van der Waals surface area contributed by atoms with Crippen molar-refractivity contribution in [1.29, 1.82) is 0 Å². The zero-order valence-electron chi connectivity index (χ0n) is 14.5. The summed E-state index contributed by atoms with van der Waals surface area (Å²) in [6, 6.07) is 8.24. The highest BCUT2D eigenvalue weighted by molar-refractivity contribution is 5.77. The van der Waals surface area contributed by atoms with Crippen LogP contribution in [0.3, 0.4) is 0 Å². The third-order valence-electron chi connectivity index (χ3n) is 4.87. The van der Waals surface area contributed by atoms with Gasteiger partial charge in [-0.2, -0.15) is 5.10 Å². The maximum Gasteiger partial charge on any atom is 0.223 e. The second kappa shape index (κ2) is 6.70. The topological polar surface area (TPSA) is 66.8 Å². The van der Waals surface area contributed by atoms with Crippen molar-refractivity contribution in [2.75, 3.05) is 13.1 Å². The fourth-order valence-electron chi connectivity index (χ4n) is 3.54. The molecule has 6 heteroatoms. The van der Waals surface area contributed by atoms with Gasteiger partial charge in [-0.05, 0) is 37.5 Å². The van der Waals surface area contributed by atoms with Crippen molar-refractivity contribution in [2.24, 2.45) is 0 Å². The fraction of sp³-hybridized carbons (Fsp3) is 0.421. The summed E-state index contributed by atoms with van der Waals surface area (Å²) >= 11 is 0. The second-order valence-electron chi connectivity index (χ2n) is 6.83. The van der Waals surface area contributed by atoms with Crippen LogP contribution in [0.5, 0.6) is 0 Å². The van der Waals surface area contributed by atoms with Crippen molar-refractivity contribution in [3.8, 4) is 0 Å². The molecule has 1 unspecified atom stereocenters. The molecule has 1 aromatic carbocycles. The van der Waals surface area contributed by atoms with E-state index in [1.165, 1.54) is 0 Å². The van der Waals surface area contributed by atoms with Crippen molar-refractivity contribution in [3.63, 3.8) is 0 Å². The van der Waals surface area contributed by atoms with Gasteiger partial charge in [0.25, 0.3) is 0 Å². The highest BCUT2D eigenvalue weighted by Crippen LogP contribution is 2.22. The number of hydrogen-bond acceptors (Lipinski definition) is 3. The Labute approximate surface area is 146 Å². The summed E-state index contributed by atoms with van der Waals surface area (Å²) in [6.07, 6.45) is 7.18. The molecule has 0 radical (unpaired) electrons. The molecule has 4 rings (SSSR count). The van der Waals surface area contributed by atoms with Gasteiger partial charge in [0.1, 0.15) is 5.82 Å². The number of imidazole rings is 1. The molecule has 0 saturated carbocycles. The Balaban J connectivity index is 1.37. The molecule has 130 valence electrons. The predicted octanol–water partition coefficient (Wildman–Crippen LogP) is 2.86. The number of fused-ring (bicyclic) bond motifs is 1. The summed E-state index contributed by atoms with van der Waals surface area (Å²) < 4.78 is 2.01. The van der Waals surface area contributed by atoms with Crippen LogP contribution >= 0.6 is 0 Å². The largest absolute Gasteiger partial charge is 0.342 e. The minimum absolute atomic E-state index is 0.203. The van der Waals surface area contributed by atoms with Crippen LogP contribution in [0.25, 0.3) is 11.0 Å². The minimum atomic E-state index is 0.203. The number of piperidine rings is 1. The van der Waals surface area contributed by atoms with Crippen LogP contribution in [-0.2, 0) is 11.2 Å². The van der Waals surface area contributed by atoms with Gasteiger partial charge in [0.05, 0.1) is 23.3 Å². The van der Waals surface area contributed by atoms with Gasteiger partial charge in [-0.25, -0.2) is 4.98 Å². The summed E-state index contributed by atoms with van der Waals surface area (Å²) in [6.45, 7) is 3.64. The fourth-order valence-corrected chi connectivity index (χ4v) is 3.54. The van der Waals surface area contributed by atoms with Gasteiger partial charge in [0.2, 0.25) is 5.91 Å². The Morgan fingerprint density at radius 3 is 3.04 bits per heavy atom. The number of benzene rings is 1. The van der Waals surface area contributed by atoms with E-state index in [0.29, 0.717) is 12.8 Å². The Morgan fingerprint density at radius 1 is 1.36 bits per heavy atom. The second-order valence-corrected chi connectivity index (χ2v) is 6.83. The maximum atomic E-state index is 12.6. The van der Waals surface area contributed by atoms with Crippen LogP contribution in [0.1, 0.15) is 36.7 Å². The first-order valence-electron chi connectivity index (χ1n) is 8.91. The smallest absolute Gasteiger partial charge is 0.223 e. The average molecular weight is 337 g/mol. The first-order chi connectivity index (χ1) is 12.2. The molecule has 1 amide bonds. The normalized spacial score (nSPS) is 18.0. The first kappa shape index (κ1) is 15.9. The number of nitrogens with zero attached hydrogens (tertiary/aromatic N) is 4. The number of carbonyl (C=O) groups is 1. The number of H-pyrrole nitrogens is 1. The van der Waals surface area contributed by atoms with E-state index in [1.807, 2.05) is 47.0 Å². The van der Waals surface area contributed by atoms with Crippen LogP contribution in [0.4, 0.5) is 0 Å². The van der Waals surface area contributed by atoms with Gasteiger partial charge in [0.15, 0.2) is 0 Å². The molecule has 1 aliphatic heterocycles. The third kappa shape index (κ3) is 3.43. The van der Waals surface area contributed by atoms with Crippen molar-refractivity contribution >= 4 is 16.9 Å². The molecule has 2 aromatic heterocycles. The summed E-state index contributed by atoms with van der Waals surface area (Å²) in [5, 5.41) is 4.41. The molecular weight excluding hydrogens is 314 g/mol. The zero-order chi connectivity index (χ0) is 17.2. The molecule has 0 bridgehead atoms. The summed E-state index contributed by atoms with van der Waals surface area (Å²) in [4.78, 5) is 22.5. The molecule has 0 spiro atoms. The summed E-state index contributed by atoms with van der Waals surface area (Å²) in [7, 11) is 0. The molecule has 1 saturated heterocycles. The molecule has 25 heavy (non-hydrogen) atoms. The minimum Gasteiger partial charge on any atom is -0.342 e. The molecule has 1 aliphatic rings. The van der Waals surface area contributed by atoms with Crippen LogP contribution in [0.15, 0.2) is 36.7 Å². The number of hydrogen-bond donors (Lipinski definition) is 1. The molecule has 3 aromatic rings. The van der Waals surface area contributed by atoms with E-state index < -0.39 is 0 Å². The van der Waals surface area contributed by atoms with Gasteiger partial charge in [-0.1, -0.05) is 12.1 Å². The average Bonchev–Trinajstić information content (AvgIpc) is 3.25. The third-order valence-corrected chi connectivity index (χ3v) is 4.87. The van der Waals surface area contributed by atoms with Crippen LogP contribution in [0, 0.1) is 6.92 Å². The number of para-hydroxylation sites is 2. The highest BCUT2D eigenvalue weighted by Gasteiger charge is 2.25. The number of aromatic amines is 1. The van der Waals surface area contributed by atoms with Gasteiger partial charge in [0, 0.05) is 32.1 Å². The lowest BCUT2D eigenvalue weighted by molar-refractivity contribution is -0.132. The van der Waals surface area contributed by atoms with Crippen molar-refractivity contribution < 1.29 is 4.79 Å². The van der Waals surface area contributed by atoms with E-state index in [4.69, 9.17) is 0 Å². The first-order valence-corrected chi connectivity index (χ1v) is 8.91. The van der Waals surface area contributed by atoms with E-state index in [2.05, 4.69) is 21.3 Å². The Kier molecular flexibility index (Phi) is 4.26. The van der Waals surface area contributed by atoms with Crippen LogP contribution in [-0.4, -0.2) is 43.6 Å². The molecule has 1 atom stereocenters. The molecule has 6 nitrogen and oxygen atoms in total. The SMILES string of the molecule is Cc1cnn(C2CCCN(C(=O)CCc3nc4ccccc4[nH]3)C2)c1. The number of carbonyl (C=O) groups excluding carboxylic acids is 1. The Bertz CT molecular complexity index is 848. The molecule has 1 N–H and O–H groups in total. The van der Waals surface area contributed by atoms with Gasteiger partial charge in [-0.3, -0.25) is 9.48 Å². The Hall–Kier alpha value is -2.63. The van der Waals surface area contributed by atoms with Gasteiger partial charge < -0.3 is 9.88 Å². The van der Waals surface area contributed by atoms with Crippen LogP contribution < -0.4 is 0 Å². The van der Waals surface area contributed by atoms with E-state index in [0.717, 1.165) is 48.4 Å². The van der Waals surface area contributed by atoms with E-state index in [9.17, 15) is 4.79 Å². The lowest BCUT2D eigenvalue weighted by Gasteiger charge is -2.33. The molecule has 3 heterocycles. The van der Waals surface area contributed by atoms with Crippen molar-refractivity contribution in [1.82, 2.24) is 24.6 Å². The lowest BCUT2D eigenvalue weighted by Crippen LogP contribution is -2.41. The lowest BCUT2D eigenvalue weighted by atomic mass is 10.1. The maximum absolute atomic E-state index is 12.6. The number of aromatic nitrogens is 4. The van der Waals surface area contributed by atoms with Crippen LogP contribution in [0.2, 0.25) is 0 Å². The van der Waals surface area contributed by atoms with E-state index in [-0.39, 0.29) is 11.9 Å².